The van der Waals surface area contributed by atoms with Gasteiger partial charge in [-0.15, -0.1) is 11.8 Å². The summed E-state index contributed by atoms with van der Waals surface area (Å²) in [6.07, 6.45) is 2.24. The van der Waals surface area contributed by atoms with Crippen molar-refractivity contribution in [3.63, 3.8) is 0 Å². The molecule has 7 heteroatoms. The van der Waals surface area contributed by atoms with Crippen molar-refractivity contribution < 1.29 is 14.3 Å². The largest absolute Gasteiger partial charge is 0.492 e. The number of hydrogen-bond donors (Lipinski definition) is 1. The summed E-state index contributed by atoms with van der Waals surface area (Å²) in [5.74, 6) is 2.29. The summed E-state index contributed by atoms with van der Waals surface area (Å²) in [6, 6.07) is 7.39. The third-order valence-corrected chi connectivity index (χ3v) is 6.87. The Morgan fingerprint density at radius 2 is 1.93 bits per heavy atom. The highest BCUT2D eigenvalue weighted by atomic mass is 32.2. The van der Waals surface area contributed by atoms with E-state index in [-0.39, 0.29) is 16.8 Å². The summed E-state index contributed by atoms with van der Waals surface area (Å²) in [7, 11) is 0. The zero-order valence-corrected chi connectivity index (χ0v) is 17.9. The number of rotatable bonds is 5. The third kappa shape index (κ3) is 4.57. The van der Waals surface area contributed by atoms with Gasteiger partial charge in [-0.2, -0.15) is 0 Å². The number of amides is 3. The number of nitrogens with zero attached hydrogens (tertiary/aromatic N) is 2. The van der Waals surface area contributed by atoms with E-state index in [1.807, 2.05) is 47.9 Å². The van der Waals surface area contributed by atoms with Gasteiger partial charge in [-0.1, -0.05) is 26.0 Å². The number of ether oxygens (including phenoxy) is 1. The highest BCUT2D eigenvalue weighted by molar-refractivity contribution is 8.00. The molecule has 1 N–H and O–H groups in total. The van der Waals surface area contributed by atoms with Crippen LogP contribution in [0.4, 0.5) is 10.5 Å². The van der Waals surface area contributed by atoms with Crippen molar-refractivity contribution in [2.75, 3.05) is 37.3 Å². The van der Waals surface area contributed by atoms with Gasteiger partial charge < -0.3 is 19.9 Å². The van der Waals surface area contributed by atoms with E-state index in [9.17, 15) is 9.59 Å². The first-order chi connectivity index (χ1) is 13.4. The van der Waals surface area contributed by atoms with Gasteiger partial charge in [0, 0.05) is 31.8 Å². The first-order valence-electron chi connectivity index (χ1n) is 10.2. The molecule has 0 atom stereocenters. The Balaban J connectivity index is 1.60. The Bertz CT molecular complexity index is 702. The van der Waals surface area contributed by atoms with Crippen LogP contribution in [0.1, 0.15) is 40.0 Å². The van der Waals surface area contributed by atoms with Gasteiger partial charge in [0.15, 0.2) is 0 Å². The minimum atomic E-state index is -0.133. The number of piperidine rings is 1. The van der Waals surface area contributed by atoms with Crippen molar-refractivity contribution in [3.8, 4) is 5.75 Å². The fraction of sp³-hybridized carbons (Fsp3) is 0.619. The highest BCUT2D eigenvalue weighted by Gasteiger charge is 2.46. The number of para-hydroxylation sites is 2. The van der Waals surface area contributed by atoms with Crippen LogP contribution in [0.15, 0.2) is 24.3 Å². The minimum absolute atomic E-state index is 0.106. The van der Waals surface area contributed by atoms with Crippen molar-refractivity contribution in [2.45, 2.75) is 44.9 Å². The zero-order valence-electron chi connectivity index (χ0n) is 17.1. The second kappa shape index (κ2) is 9.07. The fourth-order valence-electron chi connectivity index (χ4n) is 3.94. The first kappa shape index (κ1) is 20.8. The second-order valence-corrected chi connectivity index (χ2v) is 9.24. The maximum Gasteiger partial charge on any atom is 0.321 e. The number of hydrogen-bond acceptors (Lipinski definition) is 4. The summed E-state index contributed by atoms with van der Waals surface area (Å²) in [5.41, 5.74) is 0.693. The molecular weight excluding hydrogens is 374 g/mol. The van der Waals surface area contributed by atoms with E-state index < -0.39 is 0 Å². The summed E-state index contributed by atoms with van der Waals surface area (Å²) in [6.45, 7) is 8.78. The number of anilines is 1. The molecule has 28 heavy (non-hydrogen) atoms. The molecule has 1 aromatic rings. The molecule has 2 fully saturated rings. The van der Waals surface area contributed by atoms with Crippen molar-refractivity contribution >= 4 is 29.4 Å². The molecule has 0 radical (unpaired) electrons. The molecule has 154 valence electrons. The predicted molar refractivity (Wildman–Crippen MR) is 114 cm³/mol. The zero-order chi connectivity index (χ0) is 20.1. The lowest BCUT2D eigenvalue weighted by atomic mass is 10.0. The molecule has 2 aliphatic rings. The average Bonchev–Trinajstić information content (AvgIpc) is 3.06. The molecule has 2 aliphatic heterocycles. The molecule has 0 unspecified atom stereocenters. The van der Waals surface area contributed by atoms with Gasteiger partial charge in [0.05, 0.1) is 17.2 Å². The average molecular weight is 406 g/mol. The SMILES string of the molecule is CCOc1ccccc1NC(=O)N1CCC2(CC1)SCCN2C(=O)CC(C)C. The molecule has 2 heterocycles. The number of carbonyl (C=O) groups excluding carboxylic acids is 2. The first-order valence-corrected chi connectivity index (χ1v) is 11.2. The van der Waals surface area contributed by atoms with Crippen molar-refractivity contribution in [2.24, 2.45) is 5.92 Å². The standard InChI is InChI=1S/C21H31N3O3S/c1-4-27-18-8-6-5-7-17(18)22-20(26)23-11-9-21(10-12-23)24(13-14-28-21)19(25)15-16(2)3/h5-8,16H,4,9-15H2,1-3H3,(H,22,26). The van der Waals surface area contributed by atoms with Crippen LogP contribution < -0.4 is 10.1 Å². The van der Waals surface area contributed by atoms with Crippen LogP contribution in [0, 0.1) is 5.92 Å². The van der Waals surface area contributed by atoms with Gasteiger partial charge in [0.25, 0.3) is 0 Å². The third-order valence-electron chi connectivity index (χ3n) is 5.32. The smallest absolute Gasteiger partial charge is 0.321 e. The molecule has 0 saturated carbocycles. The topological polar surface area (TPSA) is 61.9 Å². The van der Waals surface area contributed by atoms with Crippen LogP contribution in [-0.4, -0.2) is 58.6 Å². The van der Waals surface area contributed by atoms with E-state index in [1.165, 1.54) is 0 Å². The molecule has 1 aromatic carbocycles. The van der Waals surface area contributed by atoms with Gasteiger partial charge in [-0.05, 0) is 37.8 Å². The van der Waals surface area contributed by atoms with E-state index in [0.29, 0.717) is 43.5 Å². The summed E-state index contributed by atoms with van der Waals surface area (Å²) >= 11 is 1.88. The summed E-state index contributed by atoms with van der Waals surface area (Å²) < 4.78 is 5.59. The van der Waals surface area contributed by atoms with Crippen molar-refractivity contribution in [1.82, 2.24) is 9.80 Å². The molecule has 1 spiro atoms. The Labute approximate surface area is 172 Å². The van der Waals surface area contributed by atoms with E-state index >= 15 is 0 Å². The van der Waals surface area contributed by atoms with Crippen molar-refractivity contribution in [1.29, 1.82) is 0 Å². The molecule has 3 rings (SSSR count). The Morgan fingerprint density at radius 3 is 2.61 bits per heavy atom. The van der Waals surface area contributed by atoms with Gasteiger partial charge in [0.2, 0.25) is 5.91 Å². The van der Waals surface area contributed by atoms with E-state index in [0.717, 1.165) is 25.1 Å². The maximum absolute atomic E-state index is 12.8. The number of nitrogens with one attached hydrogen (secondary N) is 1. The second-order valence-electron chi connectivity index (χ2n) is 7.78. The quantitative estimate of drug-likeness (QED) is 0.803. The molecule has 0 aromatic heterocycles. The molecule has 2 saturated heterocycles. The van der Waals surface area contributed by atoms with Gasteiger partial charge in [0.1, 0.15) is 5.75 Å². The van der Waals surface area contributed by atoms with Crippen LogP contribution in [0.25, 0.3) is 0 Å². The minimum Gasteiger partial charge on any atom is -0.492 e. The van der Waals surface area contributed by atoms with Crippen LogP contribution in [-0.2, 0) is 4.79 Å². The summed E-state index contributed by atoms with van der Waals surface area (Å²) in [5, 5.41) is 2.98. The van der Waals surface area contributed by atoms with E-state index in [2.05, 4.69) is 24.1 Å². The van der Waals surface area contributed by atoms with E-state index in [1.54, 1.807) is 0 Å². The summed E-state index contributed by atoms with van der Waals surface area (Å²) in [4.78, 5) is 29.2. The number of likely N-dealkylation sites (tertiary alicyclic amines) is 1. The fourth-order valence-corrected chi connectivity index (χ4v) is 5.41. The maximum atomic E-state index is 12.8. The van der Waals surface area contributed by atoms with Crippen LogP contribution >= 0.6 is 11.8 Å². The normalized spacial score (nSPS) is 18.6. The Hall–Kier alpha value is -1.89. The van der Waals surface area contributed by atoms with Crippen LogP contribution in [0.2, 0.25) is 0 Å². The van der Waals surface area contributed by atoms with E-state index in [4.69, 9.17) is 4.74 Å². The predicted octanol–water partition coefficient (Wildman–Crippen LogP) is 4.03. The molecule has 6 nitrogen and oxygen atoms in total. The van der Waals surface area contributed by atoms with Gasteiger partial charge in [-0.3, -0.25) is 4.79 Å². The Kier molecular flexibility index (Phi) is 6.75. The van der Waals surface area contributed by atoms with Crippen molar-refractivity contribution in [3.05, 3.63) is 24.3 Å². The lowest BCUT2D eigenvalue weighted by Crippen LogP contribution is -2.54. The number of thioether (sulfide) groups is 1. The number of urea groups is 1. The molecule has 0 aliphatic carbocycles. The highest BCUT2D eigenvalue weighted by Crippen LogP contribution is 2.44. The van der Waals surface area contributed by atoms with Crippen LogP contribution in [0.5, 0.6) is 5.75 Å². The monoisotopic (exact) mass is 405 g/mol. The van der Waals surface area contributed by atoms with Gasteiger partial charge >= 0.3 is 6.03 Å². The Morgan fingerprint density at radius 1 is 1.21 bits per heavy atom. The molecule has 3 amide bonds. The van der Waals surface area contributed by atoms with Gasteiger partial charge in [-0.25, -0.2) is 4.79 Å². The number of benzene rings is 1. The lowest BCUT2D eigenvalue weighted by Gasteiger charge is -2.44. The lowest BCUT2D eigenvalue weighted by molar-refractivity contribution is -0.135. The molecular formula is C21H31N3O3S. The van der Waals surface area contributed by atoms with Crippen LogP contribution in [0.3, 0.4) is 0 Å². The number of carbonyl (C=O) groups is 2. The molecule has 0 bridgehead atoms.